The number of imide groups is 1. The van der Waals surface area contributed by atoms with Crippen molar-refractivity contribution in [2.45, 2.75) is 44.4 Å². The van der Waals surface area contributed by atoms with Gasteiger partial charge in [0.2, 0.25) is 11.8 Å². The van der Waals surface area contributed by atoms with Crippen molar-refractivity contribution in [3.05, 3.63) is 34.9 Å². The van der Waals surface area contributed by atoms with Crippen LogP contribution in [0.4, 0.5) is 0 Å². The van der Waals surface area contributed by atoms with Gasteiger partial charge >= 0.3 is 0 Å². The van der Waals surface area contributed by atoms with E-state index in [4.69, 9.17) is 0 Å². The second-order valence-corrected chi connectivity index (χ2v) is 7.37. The Bertz CT molecular complexity index is 757. The van der Waals surface area contributed by atoms with E-state index in [1.807, 2.05) is 18.2 Å². The predicted molar refractivity (Wildman–Crippen MR) is 90.6 cm³/mol. The molecule has 0 aromatic heterocycles. The minimum Gasteiger partial charge on any atom is -0.322 e. The van der Waals surface area contributed by atoms with E-state index >= 15 is 0 Å². The van der Waals surface area contributed by atoms with Crippen LogP contribution in [0.5, 0.6) is 0 Å². The lowest BCUT2D eigenvalue weighted by Gasteiger charge is -2.40. The molecule has 0 aliphatic carbocycles. The molecule has 2 fully saturated rings. The number of benzene rings is 1. The van der Waals surface area contributed by atoms with Crippen molar-refractivity contribution in [3.63, 3.8) is 0 Å². The monoisotopic (exact) mass is 342 g/mol. The third-order valence-corrected chi connectivity index (χ3v) is 5.37. The lowest BCUT2D eigenvalue weighted by atomic mass is 9.94. The lowest BCUT2D eigenvalue weighted by Crippen LogP contribution is -2.65. The van der Waals surface area contributed by atoms with Crippen molar-refractivity contribution in [1.29, 1.82) is 0 Å². The number of amides is 3. The normalized spacial score (nSPS) is 24.8. The molecule has 3 heterocycles. The summed E-state index contributed by atoms with van der Waals surface area (Å²) in [4.78, 5) is 38.1. The molecule has 0 spiro atoms. The Morgan fingerprint density at radius 1 is 1.28 bits per heavy atom. The van der Waals surface area contributed by atoms with Gasteiger partial charge < -0.3 is 15.5 Å². The molecule has 7 nitrogen and oxygen atoms in total. The summed E-state index contributed by atoms with van der Waals surface area (Å²) in [5.41, 5.74) is 2.68. The topological polar surface area (TPSA) is 90.5 Å². The van der Waals surface area contributed by atoms with E-state index in [1.54, 1.807) is 4.90 Å². The summed E-state index contributed by atoms with van der Waals surface area (Å²) in [7, 11) is 0. The largest absolute Gasteiger partial charge is 0.322 e. The highest BCUT2D eigenvalue weighted by atomic mass is 16.2. The van der Waals surface area contributed by atoms with Gasteiger partial charge in [0.15, 0.2) is 0 Å². The van der Waals surface area contributed by atoms with Gasteiger partial charge in [0.1, 0.15) is 6.04 Å². The van der Waals surface area contributed by atoms with Crippen LogP contribution in [0, 0.1) is 0 Å². The van der Waals surface area contributed by atoms with Crippen molar-refractivity contribution in [2.24, 2.45) is 0 Å². The molecule has 1 atom stereocenters. The first-order chi connectivity index (χ1) is 12.0. The van der Waals surface area contributed by atoms with E-state index in [0.717, 1.165) is 24.2 Å². The molecular weight excluding hydrogens is 320 g/mol. The molecule has 4 rings (SSSR count). The Kier molecular flexibility index (Phi) is 3.85. The van der Waals surface area contributed by atoms with Gasteiger partial charge in [-0.3, -0.25) is 19.7 Å². The Labute approximate surface area is 146 Å². The number of hydrogen-bond donors (Lipinski definition) is 3. The highest BCUT2D eigenvalue weighted by molar-refractivity contribution is 6.05. The van der Waals surface area contributed by atoms with Crippen molar-refractivity contribution in [3.8, 4) is 0 Å². The van der Waals surface area contributed by atoms with Gasteiger partial charge in [0, 0.05) is 43.7 Å². The fourth-order valence-corrected chi connectivity index (χ4v) is 3.77. The van der Waals surface area contributed by atoms with Gasteiger partial charge in [-0.1, -0.05) is 18.2 Å². The number of carbonyl (C=O) groups excluding carboxylic acids is 3. The number of nitrogens with zero attached hydrogens (tertiary/aromatic N) is 1. The SMILES string of the molecule is CC1(NCc2cccc3c2C(=O)N(C2CCC(=O)NC2=O)C3)CNC1. The smallest absolute Gasteiger partial charge is 0.255 e. The van der Waals surface area contributed by atoms with Crippen molar-refractivity contribution in [1.82, 2.24) is 20.9 Å². The zero-order valence-electron chi connectivity index (χ0n) is 14.2. The molecule has 3 aliphatic heterocycles. The van der Waals surface area contributed by atoms with E-state index < -0.39 is 6.04 Å². The third kappa shape index (κ3) is 2.83. The van der Waals surface area contributed by atoms with Crippen LogP contribution in [-0.4, -0.2) is 47.3 Å². The van der Waals surface area contributed by atoms with Gasteiger partial charge in [-0.15, -0.1) is 0 Å². The molecule has 2 saturated heterocycles. The molecular formula is C18H22N4O3. The van der Waals surface area contributed by atoms with Crippen LogP contribution in [0.15, 0.2) is 18.2 Å². The number of nitrogens with one attached hydrogen (secondary N) is 3. The van der Waals surface area contributed by atoms with Gasteiger partial charge in [0.25, 0.3) is 5.91 Å². The minimum atomic E-state index is -0.563. The van der Waals surface area contributed by atoms with E-state index in [2.05, 4.69) is 22.9 Å². The van der Waals surface area contributed by atoms with Crippen LogP contribution in [0.25, 0.3) is 0 Å². The van der Waals surface area contributed by atoms with Gasteiger partial charge in [-0.25, -0.2) is 0 Å². The van der Waals surface area contributed by atoms with Gasteiger partial charge in [-0.2, -0.15) is 0 Å². The summed E-state index contributed by atoms with van der Waals surface area (Å²) in [5, 5.41) is 9.10. The Morgan fingerprint density at radius 3 is 2.76 bits per heavy atom. The first kappa shape index (κ1) is 16.2. The fourth-order valence-electron chi connectivity index (χ4n) is 3.77. The summed E-state index contributed by atoms with van der Waals surface area (Å²) in [6.45, 7) is 5.03. The van der Waals surface area contributed by atoms with Crippen LogP contribution >= 0.6 is 0 Å². The summed E-state index contributed by atoms with van der Waals surface area (Å²) >= 11 is 0. The fraction of sp³-hybridized carbons (Fsp3) is 0.500. The maximum atomic E-state index is 13.0. The molecule has 3 aliphatic rings. The molecule has 1 aromatic carbocycles. The second kappa shape index (κ2) is 5.93. The van der Waals surface area contributed by atoms with E-state index in [-0.39, 0.29) is 29.7 Å². The van der Waals surface area contributed by atoms with Crippen molar-refractivity contribution >= 4 is 17.7 Å². The molecule has 0 saturated carbocycles. The van der Waals surface area contributed by atoms with E-state index in [9.17, 15) is 14.4 Å². The molecule has 1 unspecified atom stereocenters. The van der Waals surface area contributed by atoms with E-state index in [1.165, 1.54) is 0 Å². The molecule has 25 heavy (non-hydrogen) atoms. The average Bonchev–Trinajstić information content (AvgIpc) is 2.89. The zero-order chi connectivity index (χ0) is 17.6. The molecule has 7 heteroatoms. The van der Waals surface area contributed by atoms with Crippen LogP contribution in [-0.2, 0) is 22.7 Å². The first-order valence-electron chi connectivity index (χ1n) is 8.68. The second-order valence-electron chi connectivity index (χ2n) is 7.37. The minimum absolute atomic E-state index is 0.0632. The van der Waals surface area contributed by atoms with Crippen LogP contribution in [0.2, 0.25) is 0 Å². The average molecular weight is 342 g/mol. The van der Waals surface area contributed by atoms with Gasteiger partial charge in [-0.05, 0) is 24.5 Å². The number of carbonyl (C=O) groups is 3. The molecule has 0 bridgehead atoms. The standard InChI is InChI=1S/C18H22N4O3/c1-18(9-19-10-18)20-7-11-3-2-4-12-8-22(17(25)15(11)12)13-5-6-14(23)21-16(13)24/h2-4,13,19-20H,5-10H2,1H3,(H,21,23,24). The number of hydrogen-bond acceptors (Lipinski definition) is 5. The molecule has 1 aromatic rings. The zero-order valence-corrected chi connectivity index (χ0v) is 14.2. The summed E-state index contributed by atoms with van der Waals surface area (Å²) in [5.74, 6) is -0.749. The first-order valence-corrected chi connectivity index (χ1v) is 8.68. The highest BCUT2D eigenvalue weighted by Crippen LogP contribution is 2.30. The molecule has 0 radical (unpaired) electrons. The maximum absolute atomic E-state index is 13.0. The highest BCUT2D eigenvalue weighted by Gasteiger charge is 2.40. The molecule has 3 N–H and O–H groups in total. The lowest BCUT2D eigenvalue weighted by molar-refractivity contribution is -0.136. The van der Waals surface area contributed by atoms with Crippen LogP contribution in [0.1, 0.15) is 41.3 Å². The van der Waals surface area contributed by atoms with Crippen LogP contribution < -0.4 is 16.0 Å². The predicted octanol–water partition coefficient (Wildman–Crippen LogP) is -0.101. The van der Waals surface area contributed by atoms with Crippen molar-refractivity contribution in [2.75, 3.05) is 13.1 Å². The Hall–Kier alpha value is -2.25. The number of piperidine rings is 1. The maximum Gasteiger partial charge on any atom is 0.255 e. The third-order valence-electron chi connectivity index (χ3n) is 5.37. The molecule has 3 amide bonds. The number of rotatable bonds is 4. The van der Waals surface area contributed by atoms with E-state index in [0.29, 0.717) is 25.1 Å². The Morgan fingerprint density at radius 2 is 2.08 bits per heavy atom. The number of fused-ring (bicyclic) bond motifs is 1. The quantitative estimate of drug-likeness (QED) is 0.665. The van der Waals surface area contributed by atoms with Crippen LogP contribution in [0.3, 0.4) is 0 Å². The summed E-state index contributed by atoms with van der Waals surface area (Å²) in [6, 6.07) is 5.30. The summed E-state index contributed by atoms with van der Waals surface area (Å²) < 4.78 is 0. The van der Waals surface area contributed by atoms with Crippen molar-refractivity contribution < 1.29 is 14.4 Å². The molecule has 132 valence electrons. The Balaban J connectivity index is 1.54. The van der Waals surface area contributed by atoms with Gasteiger partial charge in [0.05, 0.1) is 0 Å². The summed E-state index contributed by atoms with van der Waals surface area (Å²) in [6.07, 6.45) is 0.665.